The van der Waals surface area contributed by atoms with Crippen LogP contribution in [0.1, 0.15) is 13.8 Å². The van der Waals surface area contributed by atoms with E-state index in [-0.39, 0.29) is 19.5 Å². The van der Waals surface area contributed by atoms with Crippen LogP contribution in [0.4, 0.5) is 0 Å². The molecule has 8 heavy (non-hydrogen) atoms. The largest absolute Gasteiger partial charge is 1.00 e. The monoisotopic (exact) mass is 206 g/mol. The average molecular weight is 205 g/mol. The molecule has 3 nitrogen and oxygen atoms in total. The summed E-state index contributed by atoms with van der Waals surface area (Å²) >= 11 is 0. The Hall–Kier alpha value is 0.503. The van der Waals surface area contributed by atoms with Crippen LogP contribution >= 0.6 is 0 Å². The van der Waals surface area contributed by atoms with Gasteiger partial charge in [-0.05, 0) is 0 Å². The van der Waals surface area contributed by atoms with Crippen molar-refractivity contribution in [1.82, 2.24) is 0 Å². The van der Waals surface area contributed by atoms with Crippen LogP contribution in [0, 0.1) is 0 Å². The zero-order chi connectivity index (χ0) is 6.12. The van der Waals surface area contributed by atoms with E-state index < -0.39 is 0 Å². The van der Waals surface area contributed by atoms with Gasteiger partial charge in [-0.25, -0.2) is 0 Å². The standard InChI is InChI=1S/C4H10N.H4N2.Ru/c1-3-5-4-2;1-2;/h3-4H2,1-2H3;1-2H2;/q-1;;+1. The molecule has 0 aliphatic heterocycles. The van der Waals surface area contributed by atoms with E-state index in [0.717, 1.165) is 13.1 Å². The van der Waals surface area contributed by atoms with Crippen LogP contribution in [0.25, 0.3) is 5.32 Å². The number of hydrogen-bond donors (Lipinski definition) is 2. The van der Waals surface area contributed by atoms with Crippen LogP contribution in [-0.2, 0) is 19.5 Å². The summed E-state index contributed by atoms with van der Waals surface area (Å²) in [4.78, 5) is 0. The van der Waals surface area contributed by atoms with E-state index >= 15 is 0 Å². The first-order valence-electron chi connectivity index (χ1n) is 2.38. The Morgan fingerprint density at radius 1 is 1.12 bits per heavy atom. The molecule has 0 aromatic rings. The number of rotatable bonds is 2. The van der Waals surface area contributed by atoms with E-state index in [4.69, 9.17) is 0 Å². The van der Waals surface area contributed by atoms with Gasteiger partial charge >= 0.3 is 19.5 Å². The van der Waals surface area contributed by atoms with E-state index in [9.17, 15) is 0 Å². The maximum atomic E-state index is 4.00. The Morgan fingerprint density at radius 2 is 1.38 bits per heavy atom. The summed E-state index contributed by atoms with van der Waals surface area (Å²) in [5.41, 5.74) is 0. The molecule has 53 valence electrons. The molecule has 4 heteroatoms. The van der Waals surface area contributed by atoms with Crippen LogP contribution in [-0.4, -0.2) is 13.1 Å². The summed E-state index contributed by atoms with van der Waals surface area (Å²) in [5, 5.41) is 3.97. The molecule has 0 atom stereocenters. The van der Waals surface area contributed by atoms with Crippen LogP contribution < -0.4 is 11.7 Å². The van der Waals surface area contributed by atoms with Gasteiger partial charge in [0.25, 0.3) is 0 Å². The zero-order valence-electron chi connectivity index (χ0n) is 5.37. The molecule has 0 aliphatic carbocycles. The van der Waals surface area contributed by atoms with Crippen molar-refractivity contribution < 1.29 is 19.5 Å². The van der Waals surface area contributed by atoms with Crippen molar-refractivity contribution in [3.05, 3.63) is 5.32 Å². The van der Waals surface area contributed by atoms with Crippen molar-refractivity contribution in [3.8, 4) is 0 Å². The Balaban J connectivity index is -0.0000000750. The van der Waals surface area contributed by atoms with Gasteiger partial charge in [-0.2, -0.15) is 13.1 Å². The second-order valence-electron chi connectivity index (χ2n) is 0.856. The van der Waals surface area contributed by atoms with Gasteiger partial charge in [0.05, 0.1) is 0 Å². The van der Waals surface area contributed by atoms with Crippen LogP contribution in [0.5, 0.6) is 0 Å². The minimum atomic E-state index is 0. The molecule has 4 N–H and O–H groups in total. The first-order chi connectivity index (χ1) is 3.41. The number of hydrazine groups is 1. The third kappa shape index (κ3) is 31.4. The Bertz CT molecular complexity index is 18.8. The fourth-order valence-corrected chi connectivity index (χ4v) is 0.224. The summed E-state index contributed by atoms with van der Waals surface area (Å²) in [6.07, 6.45) is 0. The van der Waals surface area contributed by atoms with Crippen LogP contribution in [0.3, 0.4) is 0 Å². The molecular weight excluding hydrogens is 191 g/mol. The SMILES string of the molecule is CC[N-]CC.NN.[Ru+]. The van der Waals surface area contributed by atoms with E-state index in [0.29, 0.717) is 0 Å². The maximum absolute atomic E-state index is 4.00. The van der Waals surface area contributed by atoms with Gasteiger partial charge < -0.3 is 5.32 Å². The fourth-order valence-electron chi connectivity index (χ4n) is 0.224. The summed E-state index contributed by atoms with van der Waals surface area (Å²) in [7, 11) is 0. The first kappa shape index (κ1) is 15.8. The smallest absolute Gasteiger partial charge is 0.663 e. The summed E-state index contributed by atoms with van der Waals surface area (Å²) < 4.78 is 0. The molecule has 0 aromatic carbocycles. The summed E-state index contributed by atoms with van der Waals surface area (Å²) in [6, 6.07) is 0. The van der Waals surface area contributed by atoms with Crippen LogP contribution in [0.15, 0.2) is 0 Å². The van der Waals surface area contributed by atoms with E-state index in [2.05, 4.69) is 17.0 Å². The first-order valence-corrected chi connectivity index (χ1v) is 2.38. The van der Waals surface area contributed by atoms with E-state index in [1.807, 2.05) is 13.8 Å². The van der Waals surface area contributed by atoms with Crippen molar-refractivity contribution in [2.75, 3.05) is 13.1 Å². The average Bonchev–Trinajstić information content (AvgIpc) is 1.75. The van der Waals surface area contributed by atoms with E-state index in [1.165, 1.54) is 0 Å². The molecule has 0 bridgehead atoms. The van der Waals surface area contributed by atoms with Crippen molar-refractivity contribution in [2.24, 2.45) is 11.7 Å². The molecule has 0 unspecified atom stereocenters. The van der Waals surface area contributed by atoms with Gasteiger partial charge in [-0.15, -0.1) is 0 Å². The minimum absolute atomic E-state index is 0. The minimum Gasteiger partial charge on any atom is -0.663 e. The molecule has 0 aliphatic rings. The van der Waals surface area contributed by atoms with Gasteiger partial charge in [0, 0.05) is 0 Å². The molecule has 0 fully saturated rings. The van der Waals surface area contributed by atoms with Gasteiger partial charge in [0.15, 0.2) is 0 Å². The Morgan fingerprint density at radius 3 is 1.38 bits per heavy atom. The molecule has 0 rings (SSSR count). The van der Waals surface area contributed by atoms with Gasteiger partial charge in [0.1, 0.15) is 0 Å². The molecule has 1 radical (unpaired) electrons. The summed E-state index contributed by atoms with van der Waals surface area (Å²) in [5.74, 6) is 8.00. The van der Waals surface area contributed by atoms with Crippen molar-refractivity contribution >= 4 is 0 Å². The fraction of sp³-hybridized carbons (Fsp3) is 1.00. The number of nitrogens with two attached hydrogens (primary N) is 2. The summed E-state index contributed by atoms with van der Waals surface area (Å²) in [6.45, 7) is 6.03. The second kappa shape index (κ2) is 25.9. The third-order valence-electron chi connectivity index (χ3n) is 0.447. The molecule has 0 saturated carbocycles. The normalized spacial score (nSPS) is 6.00. The van der Waals surface area contributed by atoms with Gasteiger partial charge in [0.2, 0.25) is 0 Å². The van der Waals surface area contributed by atoms with Gasteiger partial charge in [-0.3, -0.25) is 11.7 Å². The third-order valence-corrected chi connectivity index (χ3v) is 0.447. The molecular formula is C4H14N3Ru. The quantitative estimate of drug-likeness (QED) is 0.384. The Kier molecular flexibility index (Phi) is 51.1. The molecule has 0 spiro atoms. The topological polar surface area (TPSA) is 66.1 Å². The second-order valence-corrected chi connectivity index (χ2v) is 0.856. The van der Waals surface area contributed by atoms with Gasteiger partial charge in [-0.1, -0.05) is 13.8 Å². The van der Waals surface area contributed by atoms with Crippen molar-refractivity contribution in [3.63, 3.8) is 0 Å². The van der Waals surface area contributed by atoms with Crippen molar-refractivity contribution in [1.29, 1.82) is 0 Å². The molecule has 0 aromatic heterocycles. The Labute approximate surface area is 63.9 Å². The van der Waals surface area contributed by atoms with Crippen molar-refractivity contribution in [2.45, 2.75) is 13.8 Å². The molecule has 0 saturated heterocycles. The predicted octanol–water partition coefficient (Wildman–Crippen LogP) is 0.216. The zero-order valence-corrected chi connectivity index (χ0v) is 7.11. The van der Waals surface area contributed by atoms with E-state index in [1.54, 1.807) is 0 Å². The van der Waals surface area contributed by atoms with Crippen LogP contribution in [0.2, 0.25) is 0 Å². The number of nitrogens with zero attached hydrogens (tertiary/aromatic N) is 1. The predicted molar refractivity (Wildman–Crippen MR) is 32.8 cm³/mol. The molecule has 0 amide bonds. The maximum Gasteiger partial charge on any atom is 1.00 e. The molecule has 0 heterocycles. The number of hydrogen-bond acceptors (Lipinski definition) is 2.